The minimum absolute atomic E-state index is 0.638. The number of para-hydroxylation sites is 1. The number of hydrogen-bond acceptors (Lipinski definition) is 3. The molecule has 3 heteroatoms. The molecule has 2 aromatic rings. The van der Waals surface area contributed by atoms with Gasteiger partial charge in [-0.3, -0.25) is 4.79 Å². The van der Waals surface area contributed by atoms with Gasteiger partial charge in [-0.2, -0.15) is 0 Å². The van der Waals surface area contributed by atoms with Crippen molar-refractivity contribution < 1.29 is 4.79 Å². The Hall–Kier alpha value is -2.13. The third kappa shape index (κ3) is 4.93. The van der Waals surface area contributed by atoms with E-state index < -0.39 is 0 Å². The van der Waals surface area contributed by atoms with Crippen molar-refractivity contribution in [3.8, 4) is 0 Å². The van der Waals surface area contributed by atoms with Crippen LogP contribution in [-0.4, -0.2) is 25.9 Å². The van der Waals surface area contributed by atoms with E-state index >= 15 is 0 Å². The number of rotatable bonds is 6. The maximum absolute atomic E-state index is 10.7. The van der Waals surface area contributed by atoms with E-state index in [1.807, 2.05) is 55.6 Å². The molecule has 0 aromatic heterocycles. The fourth-order valence-electron chi connectivity index (χ4n) is 2.90. The van der Waals surface area contributed by atoms with E-state index in [-0.39, 0.29) is 0 Å². The predicted octanol–water partition coefficient (Wildman–Crippen LogP) is 4.08. The van der Waals surface area contributed by atoms with Crippen molar-refractivity contribution in [2.75, 3.05) is 18.9 Å². The number of anilines is 1. The molecule has 0 spiro atoms. The summed E-state index contributed by atoms with van der Waals surface area (Å²) in [6, 6.07) is 18.7. The molecule has 2 aromatic carbocycles. The molecule has 4 rings (SSSR count). The van der Waals surface area contributed by atoms with Crippen LogP contribution >= 0.6 is 0 Å². The fourth-order valence-corrected chi connectivity index (χ4v) is 2.90. The van der Waals surface area contributed by atoms with Crippen molar-refractivity contribution in [1.29, 1.82) is 0 Å². The summed E-state index contributed by atoms with van der Waals surface area (Å²) >= 11 is 0. The lowest BCUT2D eigenvalue weighted by molar-refractivity contribution is 0.112. The molecule has 126 valence electrons. The zero-order valence-corrected chi connectivity index (χ0v) is 14.2. The van der Waals surface area contributed by atoms with Gasteiger partial charge in [0.15, 0.2) is 0 Å². The van der Waals surface area contributed by atoms with Crippen LogP contribution in [0.4, 0.5) is 5.69 Å². The Kier molecular flexibility index (Phi) is 5.65. The molecule has 2 fully saturated rings. The van der Waals surface area contributed by atoms with E-state index in [9.17, 15) is 4.79 Å². The highest BCUT2D eigenvalue weighted by Gasteiger charge is 2.38. The van der Waals surface area contributed by atoms with Gasteiger partial charge in [0, 0.05) is 30.3 Å². The highest BCUT2D eigenvalue weighted by atomic mass is 16.1. The Bertz CT molecular complexity index is 652. The minimum Gasteiger partial charge on any atom is -0.388 e. The summed E-state index contributed by atoms with van der Waals surface area (Å²) in [5.41, 5.74) is 3.27. The second-order valence-electron chi connectivity index (χ2n) is 6.70. The lowest BCUT2D eigenvalue weighted by atomic mass is 10.1. The first-order valence-electron chi connectivity index (χ1n) is 8.81. The average Bonchev–Trinajstić information content (AvgIpc) is 3.56. The van der Waals surface area contributed by atoms with E-state index in [0.717, 1.165) is 23.5 Å². The van der Waals surface area contributed by atoms with Gasteiger partial charge in [-0.1, -0.05) is 36.4 Å². The topological polar surface area (TPSA) is 41.1 Å². The molecule has 2 atom stereocenters. The maximum atomic E-state index is 10.7. The zero-order valence-electron chi connectivity index (χ0n) is 14.2. The van der Waals surface area contributed by atoms with Crippen LogP contribution < -0.4 is 10.6 Å². The summed E-state index contributed by atoms with van der Waals surface area (Å²) in [5.74, 6) is 1.58. The molecule has 2 unspecified atom stereocenters. The van der Waals surface area contributed by atoms with Gasteiger partial charge in [-0.25, -0.2) is 0 Å². The molecule has 3 nitrogen and oxygen atoms in total. The lowest BCUT2D eigenvalue weighted by Gasteiger charge is -2.03. The van der Waals surface area contributed by atoms with Crippen molar-refractivity contribution in [3.63, 3.8) is 0 Å². The number of carbonyl (C=O) groups excluding carboxylic acids is 1. The number of carbonyl (C=O) groups is 1. The largest absolute Gasteiger partial charge is 0.388 e. The summed E-state index contributed by atoms with van der Waals surface area (Å²) in [6.07, 6.45) is 4.98. The molecule has 0 bridgehead atoms. The molecular formula is C21H26N2O. The van der Waals surface area contributed by atoms with Crippen LogP contribution in [0.25, 0.3) is 0 Å². The molecule has 24 heavy (non-hydrogen) atoms. The number of aldehydes is 1. The van der Waals surface area contributed by atoms with Crippen molar-refractivity contribution >= 4 is 12.0 Å². The lowest BCUT2D eigenvalue weighted by Crippen LogP contribution is -2.20. The van der Waals surface area contributed by atoms with Crippen molar-refractivity contribution in [1.82, 2.24) is 5.32 Å². The maximum Gasteiger partial charge on any atom is 0.150 e. The standard InChI is InChI=1S/C14H17NO.C7H9N/c16-9-11-2-1-3-12(6-11)13-7-14(13)15-8-10-4-5-10;1-8-7-5-3-2-4-6-7/h1-3,6,9-10,13-15H,4-5,7-8H2;2-6,8H,1H3. The summed E-state index contributed by atoms with van der Waals surface area (Å²) < 4.78 is 0. The van der Waals surface area contributed by atoms with Gasteiger partial charge < -0.3 is 10.6 Å². The fraction of sp³-hybridized carbons (Fsp3) is 0.381. The van der Waals surface area contributed by atoms with Crippen LogP contribution in [0.15, 0.2) is 54.6 Å². The Labute approximate surface area is 144 Å². The Morgan fingerprint density at radius 2 is 1.88 bits per heavy atom. The van der Waals surface area contributed by atoms with Crippen LogP contribution in [0.3, 0.4) is 0 Å². The number of benzene rings is 2. The molecule has 0 saturated heterocycles. The van der Waals surface area contributed by atoms with E-state index in [2.05, 4.69) is 16.7 Å². The first-order valence-corrected chi connectivity index (χ1v) is 8.81. The highest BCUT2D eigenvalue weighted by molar-refractivity contribution is 5.75. The zero-order chi connectivity index (χ0) is 16.8. The van der Waals surface area contributed by atoms with Gasteiger partial charge >= 0.3 is 0 Å². The first kappa shape index (κ1) is 16.7. The quantitative estimate of drug-likeness (QED) is 0.787. The number of nitrogens with one attached hydrogen (secondary N) is 2. The van der Waals surface area contributed by atoms with Crippen molar-refractivity contribution in [2.45, 2.75) is 31.2 Å². The Morgan fingerprint density at radius 3 is 2.50 bits per heavy atom. The second kappa shape index (κ2) is 8.11. The minimum atomic E-state index is 0.638. The second-order valence-corrected chi connectivity index (χ2v) is 6.70. The van der Waals surface area contributed by atoms with Crippen molar-refractivity contribution in [2.24, 2.45) is 5.92 Å². The van der Waals surface area contributed by atoms with E-state index in [4.69, 9.17) is 0 Å². The monoisotopic (exact) mass is 322 g/mol. The van der Waals surface area contributed by atoms with E-state index in [1.54, 1.807) is 0 Å². The summed E-state index contributed by atoms with van der Waals surface area (Å²) in [4.78, 5) is 10.7. The van der Waals surface area contributed by atoms with Crippen LogP contribution in [-0.2, 0) is 0 Å². The normalized spacial score (nSPS) is 21.4. The molecule has 2 aliphatic carbocycles. The summed E-state index contributed by atoms with van der Waals surface area (Å²) in [5, 5.41) is 6.64. The average molecular weight is 322 g/mol. The SMILES string of the molecule is CNc1ccccc1.O=Cc1cccc(C2CC2NCC2CC2)c1. The molecule has 2 aliphatic rings. The van der Waals surface area contributed by atoms with E-state index in [0.29, 0.717) is 12.0 Å². The highest BCUT2D eigenvalue weighted by Crippen LogP contribution is 2.41. The number of hydrogen-bond donors (Lipinski definition) is 2. The summed E-state index contributed by atoms with van der Waals surface area (Å²) in [7, 11) is 1.91. The molecule has 0 amide bonds. The molecule has 0 radical (unpaired) electrons. The van der Waals surface area contributed by atoms with Gasteiger partial charge in [-0.15, -0.1) is 0 Å². The van der Waals surface area contributed by atoms with Crippen LogP contribution in [0, 0.1) is 5.92 Å². The Morgan fingerprint density at radius 1 is 1.08 bits per heavy atom. The van der Waals surface area contributed by atoms with Crippen molar-refractivity contribution in [3.05, 3.63) is 65.7 Å². The van der Waals surface area contributed by atoms with Gasteiger partial charge in [-0.05, 0) is 55.5 Å². The van der Waals surface area contributed by atoms with Crippen LogP contribution in [0.5, 0.6) is 0 Å². The predicted molar refractivity (Wildman–Crippen MR) is 99.7 cm³/mol. The first-order chi connectivity index (χ1) is 11.8. The molecular weight excluding hydrogens is 296 g/mol. The van der Waals surface area contributed by atoms with Gasteiger partial charge in [0.05, 0.1) is 0 Å². The third-order valence-corrected chi connectivity index (χ3v) is 4.69. The van der Waals surface area contributed by atoms with Crippen LogP contribution in [0.2, 0.25) is 0 Å². The van der Waals surface area contributed by atoms with Crippen LogP contribution in [0.1, 0.15) is 41.1 Å². The third-order valence-electron chi connectivity index (χ3n) is 4.69. The Balaban J connectivity index is 0.000000179. The van der Waals surface area contributed by atoms with Gasteiger partial charge in [0.2, 0.25) is 0 Å². The smallest absolute Gasteiger partial charge is 0.150 e. The molecule has 0 heterocycles. The van der Waals surface area contributed by atoms with E-state index in [1.165, 1.54) is 31.4 Å². The molecule has 0 aliphatic heterocycles. The van der Waals surface area contributed by atoms with Gasteiger partial charge in [0.1, 0.15) is 6.29 Å². The van der Waals surface area contributed by atoms with Gasteiger partial charge in [0.25, 0.3) is 0 Å². The molecule has 2 saturated carbocycles. The molecule has 2 N–H and O–H groups in total. The summed E-state index contributed by atoms with van der Waals surface area (Å²) in [6.45, 7) is 1.19.